The number of ether oxygens (including phenoxy) is 1. The van der Waals surface area contributed by atoms with Gasteiger partial charge in [0, 0.05) is 23.2 Å². The lowest BCUT2D eigenvalue weighted by atomic mass is 10.0. The van der Waals surface area contributed by atoms with Gasteiger partial charge in [0.2, 0.25) is 5.82 Å². The molecule has 2 aromatic carbocycles. The van der Waals surface area contributed by atoms with Crippen molar-refractivity contribution in [1.29, 1.82) is 0 Å². The van der Waals surface area contributed by atoms with Crippen LogP contribution in [-0.2, 0) is 12.8 Å². The van der Waals surface area contributed by atoms with E-state index in [1.54, 1.807) is 56.4 Å². The van der Waals surface area contributed by atoms with E-state index in [-0.39, 0.29) is 18.1 Å². The summed E-state index contributed by atoms with van der Waals surface area (Å²) in [7, 11) is 0. The van der Waals surface area contributed by atoms with Crippen LogP contribution in [0.1, 0.15) is 61.2 Å². The Hall–Kier alpha value is -3.82. The minimum atomic E-state index is -0.738. The molecular formula is C29H31ClFN5O3. The maximum absolute atomic E-state index is 14.2. The highest BCUT2D eigenvalue weighted by Crippen LogP contribution is 2.32. The standard InChI is InChI=1S/C29H31ClFN5O3/c1-4-18-6-9-24(31)20(14-18)16-26-33-27(36-35-26)28(37)34-25-15-19(10-12-32-25)22-17-21(7-8-23(22)30)39-13-5-11-29(2,3)38/h6-10,12,14-15,17,38H,4-5,11,13,16H2,1-3H3,(H,32,34,37)(H,33,35,36). The zero-order chi connectivity index (χ0) is 28.0. The second-order valence-electron chi connectivity index (χ2n) is 9.87. The molecule has 10 heteroatoms. The van der Waals surface area contributed by atoms with Gasteiger partial charge in [-0.2, -0.15) is 0 Å². The Balaban J connectivity index is 1.43. The van der Waals surface area contributed by atoms with Crippen molar-refractivity contribution < 1.29 is 19.0 Å². The van der Waals surface area contributed by atoms with E-state index in [0.717, 1.165) is 17.5 Å². The molecule has 8 nitrogen and oxygen atoms in total. The number of anilines is 1. The Kier molecular flexibility index (Phi) is 8.93. The number of aryl methyl sites for hydroxylation is 1. The highest BCUT2D eigenvalue weighted by molar-refractivity contribution is 6.33. The predicted octanol–water partition coefficient (Wildman–Crippen LogP) is 5.99. The van der Waals surface area contributed by atoms with Crippen molar-refractivity contribution in [2.45, 2.75) is 52.1 Å². The van der Waals surface area contributed by atoms with Gasteiger partial charge in [-0.05, 0) is 86.2 Å². The monoisotopic (exact) mass is 551 g/mol. The maximum Gasteiger partial charge on any atom is 0.294 e. The topological polar surface area (TPSA) is 113 Å². The summed E-state index contributed by atoms with van der Waals surface area (Å²) in [5.74, 6) is 0.435. The van der Waals surface area contributed by atoms with E-state index in [0.29, 0.717) is 53.0 Å². The van der Waals surface area contributed by atoms with Gasteiger partial charge in [-0.3, -0.25) is 4.79 Å². The Morgan fingerprint density at radius 1 is 1.15 bits per heavy atom. The van der Waals surface area contributed by atoms with Crippen LogP contribution in [-0.4, -0.2) is 43.4 Å². The van der Waals surface area contributed by atoms with E-state index >= 15 is 0 Å². The van der Waals surface area contributed by atoms with E-state index in [9.17, 15) is 14.3 Å². The second-order valence-corrected chi connectivity index (χ2v) is 10.3. The number of aliphatic hydroxyl groups is 1. The molecule has 1 amide bonds. The number of carbonyl (C=O) groups is 1. The molecule has 0 spiro atoms. The van der Waals surface area contributed by atoms with Crippen LogP contribution in [0.3, 0.4) is 0 Å². The summed E-state index contributed by atoms with van der Waals surface area (Å²) in [6, 6.07) is 13.8. The molecule has 2 aromatic heterocycles. The van der Waals surface area contributed by atoms with Crippen molar-refractivity contribution >= 4 is 23.3 Å². The number of pyridine rings is 1. The van der Waals surface area contributed by atoms with Crippen LogP contribution in [0.4, 0.5) is 10.2 Å². The summed E-state index contributed by atoms with van der Waals surface area (Å²) >= 11 is 6.46. The van der Waals surface area contributed by atoms with Gasteiger partial charge in [-0.25, -0.2) is 9.37 Å². The summed E-state index contributed by atoms with van der Waals surface area (Å²) in [6.07, 6.45) is 3.86. The SMILES string of the molecule is CCc1ccc(F)c(Cc2nnc(C(=O)Nc3cc(-c4cc(OCCCC(C)(C)O)ccc4Cl)ccn3)[nH]2)c1. The Morgan fingerprint density at radius 3 is 2.74 bits per heavy atom. The molecule has 204 valence electrons. The van der Waals surface area contributed by atoms with E-state index < -0.39 is 11.5 Å². The number of carbonyl (C=O) groups excluding carboxylic acids is 1. The quantitative estimate of drug-likeness (QED) is 0.197. The molecule has 0 saturated carbocycles. The molecule has 2 heterocycles. The minimum Gasteiger partial charge on any atom is -0.494 e. The van der Waals surface area contributed by atoms with Gasteiger partial charge >= 0.3 is 0 Å². The summed E-state index contributed by atoms with van der Waals surface area (Å²) in [5.41, 5.74) is 2.20. The molecule has 39 heavy (non-hydrogen) atoms. The van der Waals surface area contributed by atoms with E-state index in [2.05, 4.69) is 25.5 Å². The van der Waals surface area contributed by atoms with E-state index in [1.165, 1.54) is 6.07 Å². The summed E-state index contributed by atoms with van der Waals surface area (Å²) in [5, 5.41) is 21.0. The number of nitrogens with one attached hydrogen (secondary N) is 2. The number of amides is 1. The third-order valence-electron chi connectivity index (χ3n) is 6.08. The van der Waals surface area contributed by atoms with Gasteiger partial charge in [0.05, 0.1) is 12.2 Å². The smallest absolute Gasteiger partial charge is 0.294 e. The lowest BCUT2D eigenvalue weighted by Crippen LogP contribution is -2.19. The first kappa shape index (κ1) is 28.2. The molecule has 0 radical (unpaired) electrons. The first-order valence-corrected chi connectivity index (χ1v) is 13.1. The van der Waals surface area contributed by atoms with Gasteiger partial charge in [0.25, 0.3) is 5.91 Å². The van der Waals surface area contributed by atoms with Crippen molar-refractivity contribution in [2.75, 3.05) is 11.9 Å². The third-order valence-corrected chi connectivity index (χ3v) is 6.41. The van der Waals surface area contributed by atoms with Gasteiger partial charge in [0.15, 0.2) is 0 Å². The Bertz CT molecular complexity index is 1450. The number of benzene rings is 2. The zero-order valence-electron chi connectivity index (χ0n) is 22.1. The molecule has 0 fully saturated rings. The van der Waals surface area contributed by atoms with Crippen molar-refractivity contribution in [1.82, 2.24) is 20.2 Å². The first-order valence-electron chi connectivity index (χ1n) is 12.7. The lowest BCUT2D eigenvalue weighted by Gasteiger charge is -2.17. The fourth-order valence-corrected chi connectivity index (χ4v) is 4.22. The molecule has 0 aliphatic rings. The van der Waals surface area contributed by atoms with Crippen LogP contribution < -0.4 is 10.1 Å². The van der Waals surface area contributed by atoms with Crippen molar-refractivity contribution in [3.05, 3.63) is 88.3 Å². The number of nitrogens with zero attached hydrogens (tertiary/aromatic N) is 3. The minimum absolute atomic E-state index is 0.0104. The second kappa shape index (κ2) is 12.4. The number of hydrogen-bond acceptors (Lipinski definition) is 6. The maximum atomic E-state index is 14.2. The highest BCUT2D eigenvalue weighted by Gasteiger charge is 2.16. The van der Waals surface area contributed by atoms with Crippen molar-refractivity contribution in [3.63, 3.8) is 0 Å². The third kappa shape index (κ3) is 7.84. The van der Waals surface area contributed by atoms with Gasteiger partial charge in [0.1, 0.15) is 23.2 Å². The van der Waals surface area contributed by atoms with Crippen LogP contribution in [0.25, 0.3) is 11.1 Å². The van der Waals surface area contributed by atoms with Gasteiger partial charge < -0.3 is 20.1 Å². The molecule has 0 saturated heterocycles. The van der Waals surface area contributed by atoms with E-state index in [1.807, 2.05) is 13.0 Å². The van der Waals surface area contributed by atoms with Gasteiger partial charge in [-0.15, -0.1) is 10.2 Å². The molecule has 4 rings (SSSR count). The summed E-state index contributed by atoms with van der Waals surface area (Å²) in [6.45, 7) is 5.99. The molecule has 4 aromatic rings. The molecule has 0 bridgehead atoms. The van der Waals surface area contributed by atoms with E-state index in [4.69, 9.17) is 16.3 Å². The van der Waals surface area contributed by atoms with Crippen LogP contribution >= 0.6 is 11.6 Å². The molecular weight excluding hydrogens is 521 g/mol. The number of halogens is 2. The number of rotatable bonds is 11. The van der Waals surface area contributed by atoms with Crippen LogP contribution in [0.15, 0.2) is 54.7 Å². The average molecular weight is 552 g/mol. The zero-order valence-corrected chi connectivity index (χ0v) is 22.8. The van der Waals surface area contributed by atoms with Crippen molar-refractivity contribution in [3.8, 4) is 16.9 Å². The number of aromatic nitrogens is 4. The predicted molar refractivity (Wildman–Crippen MR) is 149 cm³/mol. The van der Waals surface area contributed by atoms with Crippen LogP contribution in [0.5, 0.6) is 5.75 Å². The highest BCUT2D eigenvalue weighted by atomic mass is 35.5. The Labute approximate surface area is 231 Å². The number of hydrogen-bond donors (Lipinski definition) is 3. The molecule has 0 aliphatic heterocycles. The first-order chi connectivity index (χ1) is 18.6. The molecule has 0 unspecified atom stereocenters. The largest absolute Gasteiger partial charge is 0.494 e. The van der Waals surface area contributed by atoms with Crippen LogP contribution in [0.2, 0.25) is 5.02 Å². The van der Waals surface area contributed by atoms with Crippen LogP contribution in [0, 0.1) is 5.82 Å². The normalized spacial score (nSPS) is 11.4. The Morgan fingerprint density at radius 2 is 1.97 bits per heavy atom. The summed E-state index contributed by atoms with van der Waals surface area (Å²) in [4.78, 5) is 19.9. The summed E-state index contributed by atoms with van der Waals surface area (Å²) < 4.78 is 20.1. The number of aromatic amines is 1. The fourth-order valence-electron chi connectivity index (χ4n) is 3.99. The van der Waals surface area contributed by atoms with Crippen molar-refractivity contribution in [2.24, 2.45) is 0 Å². The molecule has 0 aliphatic carbocycles. The number of H-pyrrole nitrogens is 1. The molecule has 3 N–H and O–H groups in total. The lowest BCUT2D eigenvalue weighted by molar-refractivity contribution is 0.0641. The average Bonchev–Trinajstić information content (AvgIpc) is 3.37. The fraction of sp³-hybridized carbons (Fsp3) is 0.310. The van der Waals surface area contributed by atoms with Gasteiger partial charge in [-0.1, -0.05) is 30.7 Å². The molecule has 0 atom stereocenters.